The Morgan fingerprint density at radius 2 is 2.17 bits per heavy atom. The summed E-state index contributed by atoms with van der Waals surface area (Å²) in [7, 11) is 0. The van der Waals surface area contributed by atoms with Crippen molar-refractivity contribution >= 4 is 15.9 Å². The molecule has 0 radical (unpaired) electrons. The van der Waals surface area contributed by atoms with E-state index in [1.54, 1.807) is 0 Å². The van der Waals surface area contributed by atoms with Gasteiger partial charge in [-0.2, -0.15) is 0 Å². The van der Waals surface area contributed by atoms with Gasteiger partial charge in [-0.1, -0.05) is 32.6 Å². The molecule has 0 heterocycles. The van der Waals surface area contributed by atoms with Crippen LogP contribution in [0.1, 0.15) is 26.3 Å². The van der Waals surface area contributed by atoms with E-state index in [4.69, 9.17) is 4.74 Å². The Bertz CT molecular complexity index is 401. The minimum absolute atomic E-state index is 0.555. The number of benzene rings is 1. The maximum Gasteiger partial charge on any atom is 0.138 e. The van der Waals surface area contributed by atoms with Crippen LogP contribution in [0.2, 0.25) is 0 Å². The molecule has 0 unspecified atom stereocenters. The van der Waals surface area contributed by atoms with Gasteiger partial charge in [-0.3, -0.25) is 0 Å². The monoisotopic (exact) mass is 311 g/mol. The van der Waals surface area contributed by atoms with E-state index >= 15 is 0 Å². The van der Waals surface area contributed by atoms with Crippen molar-refractivity contribution in [2.75, 3.05) is 13.2 Å². The number of nitrogens with one attached hydrogen (secondary N) is 1. The van der Waals surface area contributed by atoms with Gasteiger partial charge >= 0.3 is 0 Å². The van der Waals surface area contributed by atoms with Crippen LogP contribution in [0, 0.1) is 5.92 Å². The highest BCUT2D eigenvalue weighted by atomic mass is 79.9. The van der Waals surface area contributed by atoms with Crippen molar-refractivity contribution in [3.63, 3.8) is 0 Å². The molecule has 0 aliphatic heterocycles. The van der Waals surface area contributed by atoms with Gasteiger partial charge in [0.15, 0.2) is 0 Å². The molecule has 0 saturated carbocycles. The normalized spacial score (nSPS) is 10.7. The topological polar surface area (TPSA) is 21.3 Å². The van der Waals surface area contributed by atoms with Crippen LogP contribution in [-0.4, -0.2) is 13.2 Å². The van der Waals surface area contributed by atoms with Gasteiger partial charge in [0, 0.05) is 12.1 Å². The number of hydrogen-bond donors (Lipinski definition) is 1. The molecule has 0 aromatic heterocycles. The maximum absolute atomic E-state index is 5.80. The first kappa shape index (κ1) is 15.3. The highest BCUT2D eigenvalue weighted by Crippen LogP contribution is 2.29. The average Bonchev–Trinajstić information content (AvgIpc) is 2.27. The standard InChI is InChI=1S/C15H22BrNO/c1-11(2)8-17-9-13-6-5-7-14(16)15(13)18-10-12(3)4/h5-7,11,17H,3,8-10H2,1-2,4H3. The lowest BCUT2D eigenvalue weighted by Gasteiger charge is -2.14. The average molecular weight is 312 g/mol. The van der Waals surface area contributed by atoms with Crippen LogP contribution in [0.25, 0.3) is 0 Å². The predicted molar refractivity (Wildman–Crippen MR) is 81.0 cm³/mol. The van der Waals surface area contributed by atoms with Crippen molar-refractivity contribution in [2.24, 2.45) is 5.92 Å². The number of ether oxygens (including phenoxy) is 1. The highest BCUT2D eigenvalue weighted by Gasteiger charge is 2.08. The molecular weight excluding hydrogens is 290 g/mol. The van der Waals surface area contributed by atoms with Crippen LogP contribution in [0.15, 0.2) is 34.8 Å². The fourth-order valence-electron chi connectivity index (χ4n) is 1.55. The molecular formula is C15H22BrNO. The van der Waals surface area contributed by atoms with Crippen LogP contribution in [-0.2, 0) is 6.54 Å². The predicted octanol–water partition coefficient (Wildman–Crippen LogP) is 4.15. The zero-order valence-corrected chi connectivity index (χ0v) is 13.0. The second-order valence-electron chi connectivity index (χ2n) is 5.00. The van der Waals surface area contributed by atoms with Crippen LogP contribution >= 0.6 is 15.9 Å². The number of halogens is 1. The van der Waals surface area contributed by atoms with Crippen LogP contribution < -0.4 is 10.1 Å². The van der Waals surface area contributed by atoms with Crippen LogP contribution in [0.4, 0.5) is 0 Å². The van der Waals surface area contributed by atoms with Crippen LogP contribution in [0.5, 0.6) is 5.75 Å². The van der Waals surface area contributed by atoms with Gasteiger partial charge in [-0.05, 0) is 47.0 Å². The second-order valence-corrected chi connectivity index (χ2v) is 5.85. The summed E-state index contributed by atoms with van der Waals surface area (Å²) >= 11 is 3.54. The number of hydrogen-bond acceptors (Lipinski definition) is 2. The molecule has 0 saturated heterocycles. The zero-order valence-electron chi connectivity index (χ0n) is 11.4. The second kappa shape index (κ2) is 7.59. The van der Waals surface area contributed by atoms with Crippen molar-refractivity contribution < 1.29 is 4.74 Å². The molecule has 0 aliphatic carbocycles. The van der Waals surface area contributed by atoms with Crippen molar-refractivity contribution in [1.82, 2.24) is 5.32 Å². The van der Waals surface area contributed by atoms with Crippen molar-refractivity contribution in [3.8, 4) is 5.75 Å². The lowest BCUT2D eigenvalue weighted by Crippen LogP contribution is -2.19. The van der Waals surface area contributed by atoms with Crippen molar-refractivity contribution in [3.05, 3.63) is 40.4 Å². The van der Waals surface area contributed by atoms with E-state index in [-0.39, 0.29) is 0 Å². The van der Waals surface area contributed by atoms with Gasteiger partial charge in [0.25, 0.3) is 0 Å². The Labute approximate surface area is 119 Å². The molecule has 0 bridgehead atoms. The van der Waals surface area contributed by atoms with Gasteiger partial charge in [0.2, 0.25) is 0 Å². The summed E-state index contributed by atoms with van der Waals surface area (Å²) in [6.45, 7) is 12.6. The maximum atomic E-state index is 5.80. The molecule has 18 heavy (non-hydrogen) atoms. The summed E-state index contributed by atoms with van der Waals surface area (Å²) in [5.74, 6) is 1.56. The molecule has 0 spiro atoms. The Hall–Kier alpha value is -0.800. The molecule has 1 rings (SSSR count). The van der Waals surface area contributed by atoms with Crippen molar-refractivity contribution in [1.29, 1.82) is 0 Å². The zero-order chi connectivity index (χ0) is 13.5. The first-order valence-corrected chi connectivity index (χ1v) is 7.05. The van der Waals surface area contributed by atoms with Gasteiger partial charge < -0.3 is 10.1 Å². The molecule has 0 fully saturated rings. The smallest absolute Gasteiger partial charge is 0.138 e. The van der Waals surface area contributed by atoms with Gasteiger partial charge in [-0.25, -0.2) is 0 Å². The Kier molecular flexibility index (Phi) is 6.44. The SMILES string of the molecule is C=C(C)COc1c(Br)cccc1CNCC(C)C. The Morgan fingerprint density at radius 1 is 1.44 bits per heavy atom. The third-order valence-electron chi connectivity index (χ3n) is 2.38. The van der Waals surface area contributed by atoms with E-state index in [0.717, 1.165) is 28.9 Å². The molecule has 3 heteroatoms. The fraction of sp³-hybridized carbons (Fsp3) is 0.467. The number of rotatable bonds is 7. The van der Waals surface area contributed by atoms with E-state index in [0.29, 0.717) is 12.5 Å². The lowest BCUT2D eigenvalue weighted by molar-refractivity contribution is 0.345. The van der Waals surface area contributed by atoms with Gasteiger partial charge in [-0.15, -0.1) is 0 Å². The summed E-state index contributed by atoms with van der Waals surface area (Å²) in [5.41, 5.74) is 2.19. The summed E-state index contributed by atoms with van der Waals surface area (Å²) < 4.78 is 6.79. The third kappa shape index (κ3) is 5.23. The molecule has 0 amide bonds. The highest BCUT2D eigenvalue weighted by molar-refractivity contribution is 9.10. The molecule has 1 aromatic rings. The number of para-hydroxylation sites is 1. The Balaban J connectivity index is 2.70. The molecule has 100 valence electrons. The minimum atomic E-state index is 0.555. The van der Waals surface area contributed by atoms with E-state index < -0.39 is 0 Å². The summed E-state index contributed by atoms with van der Waals surface area (Å²) in [6.07, 6.45) is 0. The fourth-order valence-corrected chi connectivity index (χ4v) is 2.07. The van der Waals surface area contributed by atoms with E-state index in [9.17, 15) is 0 Å². The van der Waals surface area contributed by atoms with Gasteiger partial charge in [0.05, 0.1) is 4.47 Å². The molecule has 1 N–H and O–H groups in total. The first-order chi connectivity index (χ1) is 8.50. The minimum Gasteiger partial charge on any atom is -0.488 e. The summed E-state index contributed by atoms with van der Waals surface area (Å²) in [6, 6.07) is 6.12. The van der Waals surface area contributed by atoms with Gasteiger partial charge in [0.1, 0.15) is 12.4 Å². The molecule has 0 atom stereocenters. The largest absolute Gasteiger partial charge is 0.488 e. The quantitative estimate of drug-likeness (QED) is 0.764. The van der Waals surface area contributed by atoms with E-state index in [1.165, 1.54) is 5.56 Å². The van der Waals surface area contributed by atoms with Crippen LogP contribution in [0.3, 0.4) is 0 Å². The molecule has 1 aromatic carbocycles. The summed E-state index contributed by atoms with van der Waals surface area (Å²) in [4.78, 5) is 0. The lowest BCUT2D eigenvalue weighted by atomic mass is 10.2. The Morgan fingerprint density at radius 3 is 2.78 bits per heavy atom. The van der Waals surface area contributed by atoms with E-state index in [2.05, 4.69) is 47.7 Å². The summed E-state index contributed by atoms with van der Waals surface area (Å²) in [5, 5.41) is 3.43. The third-order valence-corrected chi connectivity index (χ3v) is 3.00. The first-order valence-electron chi connectivity index (χ1n) is 6.26. The molecule has 2 nitrogen and oxygen atoms in total. The molecule has 0 aliphatic rings. The van der Waals surface area contributed by atoms with E-state index in [1.807, 2.05) is 19.1 Å². The van der Waals surface area contributed by atoms with Crippen molar-refractivity contribution in [2.45, 2.75) is 27.3 Å².